The average Bonchev–Trinajstić information content (AvgIpc) is 2.42. The van der Waals surface area contributed by atoms with Crippen LogP contribution in [0.1, 0.15) is 76.2 Å². The molecule has 24 heavy (non-hydrogen) atoms. The lowest BCUT2D eigenvalue weighted by molar-refractivity contribution is 0.791. The fourth-order valence-electron chi connectivity index (χ4n) is 3.94. The summed E-state index contributed by atoms with van der Waals surface area (Å²) in [6.45, 7) is 29.0. The molecule has 0 saturated heterocycles. The smallest absolute Gasteiger partial charge is 0.0304 e. The van der Waals surface area contributed by atoms with E-state index in [9.17, 15) is 0 Å². The maximum absolute atomic E-state index is 4.37. The van der Waals surface area contributed by atoms with E-state index in [2.05, 4.69) is 82.7 Å². The van der Waals surface area contributed by atoms with Crippen molar-refractivity contribution in [1.29, 1.82) is 0 Å². The van der Waals surface area contributed by atoms with E-state index in [0.717, 1.165) is 0 Å². The summed E-state index contributed by atoms with van der Waals surface area (Å²) in [6, 6.07) is 0. The second-order valence-corrected chi connectivity index (χ2v) is 8.23. The van der Waals surface area contributed by atoms with Crippen molar-refractivity contribution in [2.24, 2.45) is 5.92 Å². The topological polar surface area (TPSA) is 0 Å². The van der Waals surface area contributed by atoms with Crippen LogP contribution in [0.5, 0.6) is 0 Å². The maximum Gasteiger partial charge on any atom is 0.0304 e. The second-order valence-electron chi connectivity index (χ2n) is 8.23. The van der Waals surface area contributed by atoms with Crippen LogP contribution in [0.25, 0.3) is 0 Å². The molecule has 1 fully saturated rings. The van der Waals surface area contributed by atoms with E-state index in [4.69, 9.17) is 0 Å². The minimum atomic E-state index is 0.290. The van der Waals surface area contributed by atoms with Gasteiger partial charge in [0.1, 0.15) is 0 Å². The Balaban J connectivity index is 4.23. The van der Waals surface area contributed by atoms with E-state index < -0.39 is 0 Å². The van der Waals surface area contributed by atoms with Gasteiger partial charge in [-0.3, -0.25) is 0 Å². The quantitative estimate of drug-likeness (QED) is 0.430. The molecule has 0 aromatic heterocycles. The van der Waals surface area contributed by atoms with Crippen LogP contribution in [0.3, 0.4) is 0 Å². The van der Waals surface area contributed by atoms with Crippen molar-refractivity contribution in [2.75, 3.05) is 0 Å². The molecule has 0 aromatic carbocycles. The van der Waals surface area contributed by atoms with Crippen LogP contribution in [0.2, 0.25) is 0 Å². The van der Waals surface area contributed by atoms with Gasteiger partial charge in [-0.15, -0.1) is 0 Å². The van der Waals surface area contributed by atoms with E-state index in [1.165, 1.54) is 61.3 Å². The Kier molecular flexibility index (Phi) is 6.45. The van der Waals surface area contributed by atoms with E-state index in [1.807, 2.05) is 0 Å². The van der Waals surface area contributed by atoms with Crippen LogP contribution in [-0.2, 0) is 0 Å². The lowest BCUT2D eigenvalue weighted by Crippen LogP contribution is -2.24. The number of hydrogen-bond acceptors (Lipinski definition) is 0. The molecule has 1 aliphatic rings. The zero-order chi connectivity index (χ0) is 18.9. The van der Waals surface area contributed by atoms with Crippen molar-refractivity contribution in [3.8, 4) is 0 Å². The number of allylic oxidation sites excluding steroid dienone is 11. The van der Waals surface area contributed by atoms with E-state index >= 15 is 0 Å². The van der Waals surface area contributed by atoms with Gasteiger partial charge in [-0.25, -0.2) is 0 Å². The zero-order valence-electron chi connectivity index (χ0n) is 17.8. The van der Waals surface area contributed by atoms with Gasteiger partial charge in [-0.1, -0.05) is 40.0 Å². The molecule has 1 aliphatic carbocycles. The molecule has 0 bridgehead atoms. The molecule has 0 N–H and O–H groups in total. The lowest BCUT2D eigenvalue weighted by atomic mass is 9.64. The van der Waals surface area contributed by atoms with Gasteiger partial charge < -0.3 is 0 Å². The highest BCUT2D eigenvalue weighted by atomic mass is 14.4. The molecule has 0 aliphatic heterocycles. The summed E-state index contributed by atoms with van der Waals surface area (Å²) in [5.41, 5.74) is 15.4. The molecule has 0 atom stereocenters. The first-order valence-corrected chi connectivity index (χ1v) is 8.97. The molecule has 0 unspecified atom stereocenters. The van der Waals surface area contributed by atoms with Gasteiger partial charge in [0.15, 0.2) is 0 Å². The van der Waals surface area contributed by atoms with Crippen LogP contribution in [0.4, 0.5) is 0 Å². The van der Waals surface area contributed by atoms with Crippen LogP contribution in [0, 0.1) is 5.92 Å². The summed E-state index contributed by atoms with van der Waals surface area (Å²) in [7, 11) is 0. The van der Waals surface area contributed by atoms with E-state index in [-0.39, 0.29) is 5.92 Å². The second kappa shape index (κ2) is 7.55. The fraction of sp³-hybridized carbons (Fsp3) is 0.500. The zero-order valence-corrected chi connectivity index (χ0v) is 17.8. The molecule has 1 saturated carbocycles. The van der Waals surface area contributed by atoms with Crippen molar-refractivity contribution < 1.29 is 0 Å². The van der Waals surface area contributed by atoms with E-state index in [0.29, 0.717) is 0 Å². The maximum atomic E-state index is 4.37. The minimum absolute atomic E-state index is 0.290. The van der Waals surface area contributed by atoms with Crippen LogP contribution in [0.15, 0.2) is 67.9 Å². The first-order valence-electron chi connectivity index (χ1n) is 8.97. The Morgan fingerprint density at radius 3 is 0.958 bits per heavy atom. The summed E-state index contributed by atoms with van der Waals surface area (Å²) >= 11 is 0. The van der Waals surface area contributed by atoms with Crippen molar-refractivity contribution in [3.05, 3.63) is 67.9 Å². The van der Waals surface area contributed by atoms with Crippen molar-refractivity contribution in [3.63, 3.8) is 0 Å². The van der Waals surface area contributed by atoms with Gasteiger partial charge in [0.05, 0.1) is 0 Å². The first-order chi connectivity index (χ1) is 10.9. The predicted molar refractivity (Wildman–Crippen MR) is 110 cm³/mol. The summed E-state index contributed by atoms with van der Waals surface area (Å²) < 4.78 is 0. The normalized spacial score (nSPS) is 18.0. The van der Waals surface area contributed by atoms with Gasteiger partial charge in [-0.2, -0.15) is 0 Å². The molecule has 132 valence electrons. The van der Waals surface area contributed by atoms with Gasteiger partial charge >= 0.3 is 0 Å². The minimum Gasteiger partial charge on any atom is -0.0992 e. The Hall–Kier alpha value is -1.56. The monoisotopic (exact) mass is 324 g/mol. The van der Waals surface area contributed by atoms with Crippen molar-refractivity contribution in [1.82, 2.24) is 0 Å². The van der Waals surface area contributed by atoms with E-state index in [1.54, 1.807) is 0 Å². The number of rotatable bonds is 1. The third-order valence-electron chi connectivity index (χ3n) is 4.69. The molecule has 0 nitrogen and oxygen atoms in total. The standard InChI is InChI=1S/C24H36/c1-13(2)19-20(14(3)4)22(16(7)8)24(18(11)12)23(17(9)10)21(19)15(5)6/h19H,1H2,2-12H3. The van der Waals surface area contributed by atoms with Crippen LogP contribution < -0.4 is 0 Å². The Morgan fingerprint density at radius 2 is 0.792 bits per heavy atom. The third kappa shape index (κ3) is 3.58. The molecule has 0 aromatic rings. The SMILES string of the molecule is C=C(C)C1C(=C(C)C)C(=C(C)C)C(=C(C)C)C(=C(C)C)C1=C(C)C. The highest BCUT2D eigenvalue weighted by molar-refractivity contribution is 5.74. The van der Waals surface area contributed by atoms with Gasteiger partial charge in [0.25, 0.3) is 0 Å². The largest absolute Gasteiger partial charge is 0.0992 e. The Bertz CT molecular complexity index is 654. The molecule has 0 heterocycles. The highest BCUT2D eigenvalue weighted by Gasteiger charge is 2.36. The molecule has 0 amide bonds. The average molecular weight is 325 g/mol. The molecular formula is C24H36. The third-order valence-corrected chi connectivity index (χ3v) is 4.69. The fourth-order valence-corrected chi connectivity index (χ4v) is 3.94. The molecular weight excluding hydrogens is 288 g/mol. The van der Waals surface area contributed by atoms with Crippen molar-refractivity contribution >= 4 is 0 Å². The molecule has 1 rings (SSSR count). The first kappa shape index (κ1) is 20.5. The number of hydrogen-bond donors (Lipinski definition) is 0. The summed E-state index contributed by atoms with van der Waals surface area (Å²) in [6.07, 6.45) is 0. The Morgan fingerprint density at radius 1 is 0.500 bits per heavy atom. The van der Waals surface area contributed by atoms with Crippen LogP contribution in [-0.4, -0.2) is 0 Å². The summed E-state index contributed by atoms with van der Waals surface area (Å²) in [5.74, 6) is 0.290. The molecule has 0 spiro atoms. The lowest BCUT2D eigenvalue weighted by Gasteiger charge is -2.40. The van der Waals surface area contributed by atoms with Gasteiger partial charge in [0.2, 0.25) is 0 Å². The highest BCUT2D eigenvalue weighted by Crippen LogP contribution is 2.52. The van der Waals surface area contributed by atoms with Crippen LogP contribution >= 0.6 is 0 Å². The van der Waals surface area contributed by atoms with Crippen molar-refractivity contribution in [2.45, 2.75) is 76.2 Å². The molecule has 0 heteroatoms. The van der Waals surface area contributed by atoms with Gasteiger partial charge in [0, 0.05) is 5.92 Å². The Labute approximate surface area is 150 Å². The predicted octanol–water partition coefficient (Wildman–Crippen LogP) is 7.87. The van der Waals surface area contributed by atoms with Gasteiger partial charge in [-0.05, 0) is 104 Å². The molecule has 0 radical (unpaired) electrons. The summed E-state index contributed by atoms with van der Waals surface area (Å²) in [5, 5.41) is 0. The summed E-state index contributed by atoms with van der Waals surface area (Å²) in [4.78, 5) is 0.